The van der Waals surface area contributed by atoms with Gasteiger partial charge in [0.25, 0.3) is 0 Å². The van der Waals surface area contributed by atoms with Crippen LogP contribution in [0.1, 0.15) is 38.7 Å². The number of aromatic nitrogens is 1. The van der Waals surface area contributed by atoms with Crippen LogP contribution >= 0.6 is 0 Å². The molecule has 2 heterocycles. The zero-order valence-corrected chi connectivity index (χ0v) is 15.1. The van der Waals surface area contributed by atoms with Gasteiger partial charge >= 0.3 is 0 Å². The van der Waals surface area contributed by atoms with E-state index in [-0.39, 0.29) is 5.91 Å². The van der Waals surface area contributed by atoms with Gasteiger partial charge < -0.3 is 15.6 Å². The molecule has 0 radical (unpaired) electrons. The first-order valence-corrected chi connectivity index (χ1v) is 9.12. The first-order valence-electron chi connectivity index (χ1n) is 9.12. The van der Waals surface area contributed by atoms with Crippen molar-refractivity contribution in [2.75, 3.05) is 0 Å². The van der Waals surface area contributed by atoms with Gasteiger partial charge in [0.15, 0.2) is 0 Å². The zero-order chi connectivity index (χ0) is 17.8. The summed E-state index contributed by atoms with van der Waals surface area (Å²) in [5, 5.41) is 4.88. The number of carbonyl (C=O) groups excluding carboxylic acids is 1. The fourth-order valence-electron chi connectivity index (χ4n) is 3.63. The van der Waals surface area contributed by atoms with Crippen LogP contribution in [0.4, 0.5) is 0 Å². The number of hydrogen-bond acceptors (Lipinski definition) is 4. The third-order valence-corrected chi connectivity index (χ3v) is 4.92. The summed E-state index contributed by atoms with van der Waals surface area (Å²) in [6, 6.07) is 9.82. The molecule has 2 aromatic rings. The van der Waals surface area contributed by atoms with Crippen molar-refractivity contribution in [2.24, 2.45) is 5.73 Å². The molecule has 0 saturated carbocycles. The molecule has 1 aliphatic rings. The SMILES string of the molecule is CC(CC1CC(C)NN1)NCc1cn(CCC(N)=O)c2ccccc12. The number of fused-ring (bicyclic) bond motifs is 1. The molecule has 3 rings (SSSR count). The number of nitrogens with one attached hydrogen (secondary N) is 3. The maximum atomic E-state index is 11.1. The van der Waals surface area contributed by atoms with E-state index < -0.39 is 0 Å². The van der Waals surface area contributed by atoms with Crippen molar-refractivity contribution in [3.8, 4) is 0 Å². The second kappa shape index (κ2) is 7.99. The molecule has 0 spiro atoms. The minimum absolute atomic E-state index is 0.266. The highest BCUT2D eigenvalue weighted by Gasteiger charge is 2.21. The summed E-state index contributed by atoms with van der Waals surface area (Å²) >= 11 is 0. The van der Waals surface area contributed by atoms with E-state index in [1.165, 1.54) is 17.4 Å². The number of carbonyl (C=O) groups is 1. The number of nitrogens with two attached hydrogens (primary N) is 1. The van der Waals surface area contributed by atoms with E-state index in [4.69, 9.17) is 5.73 Å². The van der Waals surface area contributed by atoms with Gasteiger partial charge in [0, 0.05) is 54.7 Å². The van der Waals surface area contributed by atoms with Crippen molar-refractivity contribution in [3.05, 3.63) is 36.0 Å². The summed E-state index contributed by atoms with van der Waals surface area (Å²) in [6.07, 6.45) is 4.77. The van der Waals surface area contributed by atoms with E-state index in [1.807, 2.05) is 6.07 Å². The number of aryl methyl sites for hydroxylation is 1. The average Bonchev–Trinajstić information content (AvgIpc) is 3.14. The lowest BCUT2D eigenvalue weighted by Crippen LogP contribution is -2.37. The molecule has 0 bridgehead atoms. The van der Waals surface area contributed by atoms with Crippen LogP contribution in [0.15, 0.2) is 30.5 Å². The smallest absolute Gasteiger partial charge is 0.219 e. The molecule has 1 amide bonds. The molecule has 1 saturated heterocycles. The summed E-state index contributed by atoms with van der Waals surface area (Å²) in [5.41, 5.74) is 14.4. The molecular formula is C19H29N5O. The first kappa shape index (κ1) is 17.9. The molecule has 5 N–H and O–H groups in total. The lowest BCUT2D eigenvalue weighted by molar-refractivity contribution is -0.118. The summed E-state index contributed by atoms with van der Waals surface area (Å²) in [7, 11) is 0. The summed E-state index contributed by atoms with van der Waals surface area (Å²) in [4.78, 5) is 11.1. The highest BCUT2D eigenvalue weighted by atomic mass is 16.1. The van der Waals surface area contributed by atoms with Gasteiger partial charge in [-0.2, -0.15) is 0 Å². The molecule has 25 heavy (non-hydrogen) atoms. The molecule has 1 fully saturated rings. The Kier molecular flexibility index (Phi) is 5.73. The molecule has 1 aliphatic heterocycles. The van der Waals surface area contributed by atoms with Crippen molar-refractivity contribution in [1.82, 2.24) is 20.7 Å². The molecule has 3 atom stereocenters. The van der Waals surface area contributed by atoms with Crippen molar-refractivity contribution in [2.45, 2.75) is 64.3 Å². The van der Waals surface area contributed by atoms with E-state index in [9.17, 15) is 4.79 Å². The minimum Gasteiger partial charge on any atom is -0.370 e. The van der Waals surface area contributed by atoms with Gasteiger partial charge in [0.1, 0.15) is 0 Å². The van der Waals surface area contributed by atoms with E-state index in [2.05, 4.69) is 59.0 Å². The number of hydrazine groups is 1. The molecule has 3 unspecified atom stereocenters. The van der Waals surface area contributed by atoms with E-state index in [0.29, 0.717) is 31.1 Å². The first-order chi connectivity index (χ1) is 12.0. The molecule has 1 aromatic carbocycles. The van der Waals surface area contributed by atoms with Crippen molar-refractivity contribution in [3.63, 3.8) is 0 Å². The standard InChI is InChI=1S/C19H29N5O/c1-13(9-16-10-14(2)22-23-16)21-11-15-12-24(8-7-19(20)25)18-6-4-3-5-17(15)18/h3-6,12-14,16,21-23H,7-11H2,1-2H3,(H2,20,25). The second-order valence-electron chi connectivity index (χ2n) is 7.22. The number of para-hydroxylation sites is 1. The van der Waals surface area contributed by atoms with Crippen molar-refractivity contribution in [1.29, 1.82) is 0 Å². The number of rotatable bonds is 8. The molecule has 6 nitrogen and oxygen atoms in total. The van der Waals surface area contributed by atoms with Crippen LogP contribution in [0.3, 0.4) is 0 Å². The predicted molar refractivity (Wildman–Crippen MR) is 101 cm³/mol. The van der Waals surface area contributed by atoms with Gasteiger partial charge in [-0.3, -0.25) is 15.6 Å². The van der Waals surface area contributed by atoms with Crippen LogP contribution in [0.2, 0.25) is 0 Å². The molecule has 1 aromatic heterocycles. The van der Waals surface area contributed by atoms with Crippen LogP contribution in [0.5, 0.6) is 0 Å². The van der Waals surface area contributed by atoms with Crippen molar-refractivity contribution >= 4 is 16.8 Å². The number of nitrogens with zero attached hydrogens (tertiary/aromatic N) is 1. The Morgan fingerprint density at radius 1 is 1.40 bits per heavy atom. The van der Waals surface area contributed by atoms with Crippen LogP contribution in [0.25, 0.3) is 10.9 Å². The van der Waals surface area contributed by atoms with Gasteiger partial charge in [-0.05, 0) is 38.3 Å². The number of amides is 1. The Morgan fingerprint density at radius 3 is 2.92 bits per heavy atom. The van der Waals surface area contributed by atoms with E-state index in [1.54, 1.807) is 0 Å². The monoisotopic (exact) mass is 343 g/mol. The second-order valence-corrected chi connectivity index (χ2v) is 7.22. The summed E-state index contributed by atoms with van der Waals surface area (Å²) in [6.45, 7) is 5.88. The van der Waals surface area contributed by atoms with Crippen molar-refractivity contribution < 1.29 is 4.79 Å². The molecule has 6 heteroatoms. The van der Waals surface area contributed by atoms with Gasteiger partial charge in [0.2, 0.25) is 5.91 Å². The van der Waals surface area contributed by atoms with Crippen LogP contribution < -0.4 is 21.9 Å². The van der Waals surface area contributed by atoms with Gasteiger partial charge in [-0.25, -0.2) is 0 Å². The Bertz CT molecular complexity index is 726. The maximum Gasteiger partial charge on any atom is 0.219 e. The maximum absolute atomic E-state index is 11.1. The predicted octanol–water partition coefficient (Wildman–Crippen LogP) is 1.64. The Hall–Kier alpha value is -1.89. The minimum atomic E-state index is -0.266. The quantitative estimate of drug-likeness (QED) is 0.587. The van der Waals surface area contributed by atoms with Crippen LogP contribution in [-0.2, 0) is 17.9 Å². The Labute approximate surface area is 149 Å². The average molecular weight is 343 g/mol. The Balaban J connectivity index is 1.63. The summed E-state index contributed by atoms with van der Waals surface area (Å²) < 4.78 is 2.13. The van der Waals surface area contributed by atoms with Crippen LogP contribution in [0, 0.1) is 0 Å². The van der Waals surface area contributed by atoms with Gasteiger partial charge in [-0.15, -0.1) is 0 Å². The molecule has 136 valence electrons. The Morgan fingerprint density at radius 2 is 2.20 bits per heavy atom. The normalized spacial score (nSPS) is 21.7. The number of benzene rings is 1. The largest absolute Gasteiger partial charge is 0.370 e. The highest BCUT2D eigenvalue weighted by Crippen LogP contribution is 2.22. The fourth-order valence-corrected chi connectivity index (χ4v) is 3.63. The fraction of sp³-hybridized carbons (Fsp3) is 0.526. The molecular weight excluding hydrogens is 314 g/mol. The molecule has 0 aliphatic carbocycles. The third kappa shape index (κ3) is 4.60. The third-order valence-electron chi connectivity index (χ3n) is 4.92. The lowest BCUT2D eigenvalue weighted by Gasteiger charge is -2.17. The zero-order valence-electron chi connectivity index (χ0n) is 15.1. The topological polar surface area (TPSA) is 84.1 Å². The van der Waals surface area contributed by atoms with Crippen LogP contribution in [-0.4, -0.2) is 28.6 Å². The summed E-state index contributed by atoms with van der Waals surface area (Å²) in [5.74, 6) is -0.266. The van der Waals surface area contributed by atoms with Gasteiger partial charge in [-0.1, -0.05) is 18.2 Å². The number of primary amides is 1. The lowest BCUT2D eigenvalue weighted by atomic mass is 10.0. The van der Waals surface area contributed by atoms with E-state index >= 15 is 0 Å². The van der Waals surface area contributed by atoms with E-state index in [0.717, 1.165) is 18.5 Å². The number of hydrogen-bond donors (Lipinski definition) is 4. The van der Waals surface area contributed by atoms with Gasteiger partial charge in [0.05, 0.1) is 0 Å². The highest BCUT2D eigenvalue weighted by molar-refractivity contribution is 5.84.